The van der Waals surface area contributed by atoms with E-state index in [-0.39, 0.29) is 6.04 Å². The van der Waals surface area contributed by atoms with Crippen molar-refractivity contribution >= 4 is 0 Å². The van der Waals surface area contributed by atoms with Crippen LogP contribution in [0.15, 0.2) is 42.5 Å². The van der Waals surface area contributed by atoms with Gasteiger partial charge in [-0.3, -0.25) is 0 Å². The van der Waals surface area contributed by atoms with Gasteiger partial charge in [0.2, 0.25) is 0 Å². The molecular weight excluding hydrogens is 258 g/mol. The van der Waals surface area contributed by atoms with E-state index in [1.54, 1.807) is 0 Å². The summed E-state index contributed by atoms with van der Waals surface area (Å²) in [6, 6.07) is 14.8. The number of ether oxygens (including phenoxy) is 1. The monoisotopic (exact) mass is 283 g/mol. The number of aryl methyl sites for hydroxylation is 2. The first-order valence-electron chi connectivity index (χ1n) is 7.69. The molecule has 0 amide bonds. The van der Waals surface area contributed by atoms with Crippen LogP contribution in [0.1, 0.15) is 43.0 Å². The molecule has 0 fully saturated rings. The molecule has 2 aromatic carbocycles. The van der Waals surface area contributed by atoms with E-state index in [0.29, 0.717) is 0 Å². The van der Waals surface area contributed by atoms with Crippen molar-refractivity contribution in [3.8, 4) is 11.5 Å². The Morgan fingerprint density at radius 3 is 2.33 bits per heavy atom. The lowest BCUT2D eigenvalue weighted by Gasteiger charge is -2.19. The maximum Gasteiger partial charge on any atom is 0.133 e. The second kappa shape index (κ2) is 7.28. The Bertz CT molecular complexity index is 572. The molecule has 0 saturated heterocycles. The standard InChI is InChI=1S/C19H25NO/c1-5-13-20-16(4)17-11-6-7-12-18(17)21-19-14(2)9-8-10-15(19)3/h6-12,16,20H,5,13H2,1-4H3. The highest BCUT2D eigenvalue weighted by molar-refractivity contribution is 5.45. The summed E-state index contributed by atoms with van der Waals surface area (Å²) >= 11 is 0. The lowest BCUT2D eigenvalue weighted by atomic mass is 10.1. The summed E-state index contributed by atoms with van der Waals surface area (Å²) in [5.41, 5.74) is 3.53. The van der Waals surface area contributed by atoms with E-state index in [2.05, 4.69) is 63.3 Å². The molecule has 0 aliphatic carbocycles. The van der Waals surface area contributed by atoms with Crippen molar-refractivity contribution in [2.24, 2.45) is 0 Å². The molecule has 0 aliphatic rings. The van der Waals surface area contributed by atoms with Crippen LogP contribution in [0, 0.1) is 13.8 Å². The summed E-state index contributed by atoms with van der Waals surface area (Å²) in [5, 5.41) is 3.52. The fraction of sp³-hybridized carbons (Fsp3) is 0.368. The molecule has 0 bridgehead atoms. The van der Waals surface area contributed by atoms with Crippen LogP contribution in [0.2, 0.25) is 0 Å². The van der Waals surface area contributed by atoms with E-state index in [1.807, 2.05) is 12.1 Å². The second-order valence-corrected chi connectivity index (χ2v) is 5.54. The smallest absolute Gasteiger partial charge is 0.133 e. The van der Waals surface area contributed by atoms with Crippen LogP contribution in [0.5, 0.6) is 11.5 Å². The zero-order chi connectivity index (χ0) is 15.2. The molecule has 0 saturated carbocycles. The molecule has 2 nitrogen and oxygen atoms in total. The van der Waals surface area contributed by atoms with Crippen molar-refractivity contribution in [2.45, 2.75) is 40.2 Å². The summed E-state index contributed by atoms with van der Waals surface area (Å²) in [4.78, 5) is 0. The van der Waals surface area contributed by atoms with E-state index in [9.17, 15) is 0 Å². The van der Waals surface area contributed by atoms with Crippen molar-refractivity contribution in [3.63, 3.8) is 0 Å². The average molecular weight is 283 g/mol. The Morgan fingerprint density at radius 2 is 1.67 bits per heavy atom. The van der Waals surface area contributed by atoms with Crippen molar-refractivity contribution in [3.05, 3.63) is 59.2 Å². The van der Waals surface area contributed by atoms with Crippen molar-refractivity contribution in [2.75, 3.05) is 6.54 Å². The third kappa shape index (κ3) is 3.85. The molecule has 0 aliphatic heterocycles. The van der Waals surface area contributed by atoms with Crippen molar-refractivity contribution in [1.82, 2.24) is 5.32 Å². The summed E-state index contributed by atoms with van der Waals surface area (Å²) in [6.07, 6.45) is 1.13. The van der Waals surface area contributed by atoms with Gasteiger partial charge in [0, 0.05) is 11.6 Å². The van der Waals surface area contributed by atoms with Crippen LogP contribution in [0.25, 0.3) is 0 Å². The first-order valence-corrected chi connectivity index (χ1v) is 7.69. The summed E-state index contributed by atoms with van der Waals surface area (Å²) in [7, 11) is 0. The number of hydrogen-bond donors (Lipinski definition) is 1. The van der Waals surface area contributed by atoms with E-state index < -0.39 is 0 Å². The van der Waals surface area contributed by atoms with Crippen molar-refractivity contribution in [1.29, 1.82) is 0 Å². The van der Waals surface area contributed by atoms with Crippen molar-refractivity contribution < 1.29 is 4.74 Å². The first kappa shape index (κ1) is 15.6. The topological polar surface area (TPSA) is 21.3 Å². The van der Waals surface area contributed by atoms with Crippen LogP contribution < -0.4 is 10.1 Å². The molecule has 2 aromatic rings. The van der Waals surface area contributed by atoms with Gasteiger partial charge in [0.05, 0.1) is 0 Å². The fourth-order valence-corrected chi connectivity index (χ4v) is 2.47. The quantitative estimate of drug-likeness (QED) is 0.791. The van der Waals surface area contributed by atoms with E-state index in [1.165, 1.54) is 16.7 Å². The number of para-hydroxylation sites is 2. The molecule has 0 heterocycles. The number of hydrogen-bond acceptors (Lipinski definition) is 2. The highest BCUT2D eigenvalue weighted by Crippen LogP contribution is 2.33. The molecular formula is C19H25NO. The molecule has 0 spiro atoms. The van der Waals surface area contributed by atoms with Crippen LogP contribution in [0.4, 0.5) is 0 Å². The van der Waals surface area contributed by atoms with E-state index in [0.717, 1.165) is 24.5 Å². The molecule has 1 atom stereocenters. The van der Waals surface area contributed by atoms with Gasteiger partial charge in [-0.25, -0.2) is 0 Å². The van der Waals surface area contributed by atoms with Gasteiger partial charge < -0.3 is 10.1 Å². The summed E-state index contributed by atoms with van der Waals surface area (Å²) < 4.78 is 6.23. The number of benzene rings is 2. The largest absolute Gasteiger partial charge is 0.456 e. The van der Waals surface area contributed by atoms with E-state index in [4.69, 9.17) is 4.74 Å². The lowest BCUT2D eigenvalue weighted by molar-refractivity contribution is 0.455. The zero-order valence-electron chi connectivity index (χ0n) is 13.4. The Hall–Kier alpha value is -1.80. The highest BCUT2D eigenvalue weighted by Gasteiger charge is 2.13. The molecule has 112 valence electrons. The van der Waals surface area contributed by atoms with Gasteiger partial charge in [-0.2, -0.15) is 0 Å². The van der Waals surface area contributed by atoms with Gasteiger partial charge in [0.15, 0.2) is 0 Å². The molecule has 0 aromatic heterocycles. The Balaban J connectivity index is 2.28. The third-order valence-corrected chi connectivity index (χ3v) is 3.71. The average Bonchev–Trinajstić information content (AvgIpc) is 2.49. The minimum Gasteiger partial charge on any atom is -0.456 e. The predicted octanol–water partition coefficient (Wildman–Crippen LogP) is 5.16. The number of nitrogens with one attached hydrogen (secondary N) is 1. The predicted molar refractivity (Wildman–Crippen MR) is 89.1 cm³/mol. The molecule has 21 heavy (non-hydrogen) atoms. The molecule has 1 N–H and O–H groups in total. The SMILES string of the molecule is CCCNC(C)c1ccccc1Oc1c(C)cccc1C. The fourth-order valence-electron chi connectivity index (χ4n) is 2.47. The Kier molecular flexibility index (Phi) is 5.40. The van der Waals surface area contributed by atoms with Gasteiger partial charge in [0.25, 0.3) is 0 Å². The maximum absolute atomic E-state index is 6.23. The Morgan fingerprint density at radius 1 is 1.00 bits per heavy atom. The Labute approximate surface area is 128 Å². The maximum atomic E-state index is 6.23. The van der Waals surface area contributed by atoms with Gasteiger partial charge in [0.1, 0.15) is 11.5 Å². The summed E-state index contributed by atoms with van der Waals surface area (Å²) in [5.74, 6) is 1.90. The first-order chi connectivity index (χ1) is 10.1. The summed E-state index contributed by atoms with van der Waals surface area (Å²) in [6.45, 7) is 9.55. The lowest BCUT2D eigenvalue weighted by Crippen LogP contribution is -2.19. The molecule has 0 radical (unpaired) electrons. The zero-order valence-corrected chi connectivity index (χ0v) is 13.4. The van der Waals surface area contributed by atoms with Gasteiger partial charge in [-0.05, 0) is 50.9 Å². The van der Waals surface area contributed by atoms with Gasteiger partial charge >= 0.3 is 0 Å². The van der Waals surface area contributed by atoms with Gasteiger partial charge in [-0.15, -0.1) is 0 Å². The van der Waals surface area contributed by atoms with Crippen LogP contribution >= 0.6 is 0 Å². The highest BCUT2D eigenvalue weighted by atomic mass is 16.5. The van der Waals surface area contributed by atoms with E-state index >= 15 is 0 Å². The van der Waals surface area contributed by atoms with Crippen LogP contribution in [-0.4, -0.2) is 6.54 Å². The van der Waals surface area contributed by atoms with Crippen LogP contribution in [-0.2, 0) is 0 Å². The second-order valence-electron chi connectivity index (χ2n) is 5.54. The minimum atomic E-state index is 0.283. The minimum absolute atomic E-state index is 0.283. The molecule has 2 heteroatoms. The third-order valence-electron chi connectivity index (χ3n) is 3.71. The molecule has 2 rings (SSSR count). The van der Waals surface area contributed by atoms with Gasteiger partial charge in [-0.1, -0.05) is 43.3 Å². The van der Waals surface area contributed by atoms with Crippen LogP contribution in [0.3, 0.4) is 0 Å². The normalized spacial score (nSPS) is 12.2. The number of rotatable bonds is 6. The molecule has 1 unspecified atom stereocenters.